The van der Waals surface area contributed by atoms with Crippen molar-refractivity contribution in [2.45, 2.75) is 39.2 Å². The fourth-order valence-corrected chi connectivity index (χ4v) is 6.30. The molecule has 1 aromatic heterocycles. The Morgan fingerprint density at radius 1 is 1.11 bits per heavy atom. The van der Waals surface area contributed by atoms with Gasteiger partial charge in [0, 0.05) is 29.9 Å². The van der Waals surface area contributed by atoms with Crippen molar-refractivity contribution >= 4 is 38.6 Å². The molecule has 6 rings (SSSR count). The molecule has 2 atom stereocenters. The molecule has 2 aliphatic rings. The maximum Gasteiger partial charge on any atom is 0.228 e. The molecule has 1 aliphatic heterocycles. The number of carbonyl (C=O) groups excluding carboxylic acids is 1. The quantitative estimate of drug-likeness (QED) is 0.317. The van der Waals surface area contributed by atoms with Crippen molar-refractivity contribution in [3.05, 3.63) is 87.1 Å². The summed E-state index contributed by atoms with van der Waals surface area (Å²) in [6, 6.07) is 17.0. The van der Waals surface area contributed by atoms with E-state index in [1.165, 1.54) is 27.8 Å². The van der Waals surface area contributed by atoms with E-state index in [2.05, 4.69) is 75.7 Å². The number of imidazole rings is 1. The topological polar surface area (TPSA) is 47.4 Å². The second-order valence-corrected chi connectivity index (χ2v) is 10.7. The summed E-state index contributed by atoms with van der Waals surface area (Å²) < 4.78 is 8.96. The predicted molar refractivity (Wildman–Crippen MR) is 142 cm³/mol. The number of benzene rings is 3. The Hall–Kier alpha value is -3.12. The summed E-state index contributed by atoms with van der Waals surface area (Å²) in [5.41, 5.74) is 9.37. The molecule has 3 aromatic carbocycles. The van der Waals surface area contributed by atoms with Gasteiger partial charge in [-0.25, -0.2) is 4.98 Å². The molecule has 1 aliphatic carbocycles. The van der Waals surface area contributed by atoms with Gasteiger partial charge in [-0.3, -0.25) is 4.79 Å². The molecular formula is C29H28BrN3O2. The van der Waals surface area contributed by atoms with Crippen LogP contribution in [-0.2, 0) is 17.8 Å². The second-order valence-electron chi connectivity index (χ2n) is 9.80. The molecule has 4 aromatic rings. The number of halogens is 1. The monoisotopic (exact) mass is 529 g/mol. The summed E-state index contributed by atoms with van der Waals surface area (Å²) in [6.45, 7) is 5.51. The number of para-hydroxylation sites is 1. The number of methoxy groups -OCH3 is 1. The van der Waals surface area contributed by atoms with Crippen LogP contribution < -0.4 is 9.64 Å². The fourth-order valence-electron chi connectivity index (χ4n) is 5.93. The minimum Gasteiger partial charge on any atom is -0.495 e. The second kappa shape index (κ2) is 8.52. The van der Waals surface area contributed by atoms with Crippen molar-refractivity contribution in [2.24, 2.45) is 5.92 Å². The number of carbonyl (C=O) groups is 1. The van der Waals surface area contributed by atoms with Crippen LogP contribution in [0, 0.1) is 19.8 Å². The van der Waals surface area contributed by atoms with E-state index in [9.17, 15) is 4.79 Å². The van der Waals surface area contributed by atoms with E-state index in [-0.39, 0.29) is 11.8 Å². The lowest BCUT2D eigenvalue weighted by Gasteiger charge is -2.38. The predicted octanol–water partition coefficient (Wildman–Crippen LogP) is 6.17. The van der Waals surface area contributed by atoms with Crippen molar-refractivity contribution in [2.75, 3.05) is 18.6 Å². The first-order valence-corrected chi connectivity index (χ1v) is 12.9. The molecule has 0 radical (unpaired) electrons. The molecule has 178 valence electrons. The largest absolute Gasteiger partial charge is 0.495 e. The van der Waals surface area contributed by atoms with Crippen LogP contribution in [0.2, 0.25) is 0 Å². The molecule has 0 saturated carbocycles. The summed E-state index contributed by atoms with van der Waals surface area (Å²) in [5, 5.41) is 0. The number of hydrogen-bond donors (Lipinski definition) is 0. The molecule has 35 heavy (non-hydrogen) atoms. The highest BCUT2D eigenvalue weighted by molar-refractivity contribution is 9.10. The molecule has 0 saturated heterocycles. The van der Waals surface area contributed by atoms with E-state index in [0.29, 0.717) is 25.4 Å². The Kier molecular flexibility index (Phi) is 5.44. The summed E-state index contributed by atoms with van der Waals surface area (Å²) in [4.78, 5) is 20.3. The molecule has 0 fully saturated rings. The minimum atomic E-state index is 0.122. The number of rotatable bonds is 4. The van der Waals surface area contributed by atoms with E-state index in [4.69, 9.17) is 4.74 Å². The van der Waals surface area contributed by atoms with Gasteiger partial charge in [-0.2, -0.15) is 0 Å². The van der Waals surface area contributed by atoms with Crippen LogP contribution >= 0.6 is 15.9 Å². The van der Waals surface area contributed by atoms with E-state index in [1.807, 2.05) is 23.4 Å². The normalized spacial score (nSPS) is 18.3. The third kappa shape index (κ3) is 3.66. The van der Waals surface area contributed by atoms with Gasteiger partial charge in [0.25, 0.3) is 0 Å². The third-order valence-electron chi connectivity index (χ3n) is 7.77. The number of aryl methyl sites for hydroxylation is 3. The number of fused-ring (bicyclic) bond motifs is 6. The van der Waals surface area contributed by atoms with Crippen LogP contribution in [0.1, 0.15) is 40.2 Å². The molecule has 0 N–H and O–H groups in total. The number of ether oxygens (including phenoxy) is 1. The Bertz CT molecular complexity index is 1470. The Morgan fingerprint density at radius 2 is 1.94 bits per heavy atom. The highest BCUT2D eigenvalue weighted by atomic mass is 79.9. The first-order chi connectivity index (χ1) is 16.9. The highest BCUT2D eigenvalue weighted by Crippen LogP contribution is 2.52. The molecule has 6 heteroatoms. The zero-order chi connectivity index (χ0) is 24.3. The zero-order valence-corrected chi connectivity index (χ0v) is 21.8. The summed E-state index contributed by atoms with van der Waals surface area (Å²) >= 11 is 3.65. The van der Waals surface area contributed by atoms with E-state index in [1.54, 1.807) is 7.11 Å². The summed E-state index contributed by atoms with van der Waals surface area (Å²) in [7, 11) is 1.69. The van der Waals surface area contributed by atoms with Gasteiger partial charge in [0.15, 0.2) is 0 Å². The number of nitrogens with zero attached hydrogens (tertiary/aromatic N) is 3. The summed E-state index contributed by atoms with van der Waals surface area (Å²) in [5.74, 6) is 1.52. The number of amides is 1. The standard InChI is InChI=1S/C29H28BrN3O2/c1-17-11-24-25(12-18(17)2)32(16-31-24)10-9-27(34)33-15-20-13-19-7-8-21(30)14-23(19)28(20)22-5-4-6-26(35-3)29(22)33/h4-8,11-12,14,16,20,28H,9-10,13,15H2,1-3H3/t20-,28-/m0/s1. The molecule has 5 nitrogen and oxygen atoms in total. The number of anilines is 1. The van der Waals surface area contributed by atoms with Crippen molar-refractivity contribution in [3.63, 3.8) is 0 Å². The van der Waals surface area contributed by atoms with Gasteiger partial charge in [0.1, 0.15) is 5.75 Å². The Labute approximate surface area is 213 Å². The van der Waals surface area contributed by atoms with Gasteiger partial charge in [-0.05, 0) is 84.3 Å². The molecule has 0 bridgehead atoms. The Balaban J connectivity index is 1.33. The van der Waals surface area contributed by atoms with E-state index >= 15 is 0 Å². The van der Waals surface area contributed by atoms with Crippen molar-refractivity contribution in [3.8, 4) is 5.75 Å². The van der Waals surface area contributed by atoms with Crippen molar-refractivity contribution in [1.82, 2.24) is 9.55 Å². The number of aromatic nitrogens is 2. The van der Waals surface area contributed by atoms with Gasteiger partial charge < -0.3 is 14.2 Å². The third-order valence-corrected chi connectivity index (χ3v) is 8.27. The maximum absolute atomic E-state index is 13.7. The lowest BCUT2D eigenvalue weighted by Crippen LogP contribution is -2.41. The fraction of sp³-hybridized carbons (Fsp3) is 0.310. The lowest BCUT2D eigenvalue weighted by molar-refractivity contribution is -0.119. The molecule has 0 unspecified atom stereocenters. The van der Waals surface area contributed by atoms with Crippen LogP contribution in [0.4, 0.5) is 5.69 Å². The van der Waals surface area contributed by atoms with Crippen molar-refractivity contribution in [1.29, 1.82) is 0 Å². The van der Waals surface area contributed by atoms with E-state index < -0.39 is 0 Å². The summed E-state index contributed by atoms with van der Waals surface area (Å²) in [6.07, 6.45) is 3.24. The van der Waals surface area contributed by atoms with Crippen LogP contribution in [0.25, 0.3) is 11.0 Å². The van der Waals surface area contributed by atoms with Crippen molar-refractivity contribution < 1.29 is 9.53 Å². The van der Waals surface area contributed by atoms with Gasteiger partial charge >= 0.3 is 0 Å². The number of hydrogen-bond acceptors (Lipinski definition) is 3. The van der Waals surface area contributed by atoms with Crippen LogP contribution in [0.15, 0.2) is 59.3 Å². The molecule has 2 heterocycles. The van der Waals surface area contributed by atoms with Gasteiger partial charge in [-0.1, -0.05) is 34.1 Å². The SMILES string of the molecule is COc1cccc2c1N(C(=O)CCn1cnc3cc(C)c(C)cc31)C[C@@H]1Cc3ccc(Br)cc3[C@H]21. The lowest BCUT2D eigenvalue weighted by atomic mass is 9.81. The van der Waals surface area contributed by atoms with E-state index in [0.717, 1.165) is 33.4 Å². The first-order valence-electron chi connectivity index (χ1n) is 12.1. The average Bonchev–Trinajstić information content (AvgIpc) is 3.42. The van der Waals surface area contributed by atoms with Crippen LogP contribution in [0.5, 0.6) is 5.75 Å². The first kappa shape index (κ1) is 22.4. The Morgan fingerprint density at radius 3 is 2.77 bits per heavy atom. The molecule has 1 amide bonds. The van der Waals surface area contributed by atoms with Gasteiger partial charge in [0.2, 0.25) is 5.91 Å². The van der Waals surface area contributed by atoms with Gasteiger partial charge in [0.05, 0.1) is 30.2 Å². The molecular weight excluding hydrogens is 502 g/mol. The molecule has 0 spiro atoms. The smallest absolute Gasteiger partial charge is 0.228 e. The highest BCUT2D eigenvalue weighted by Gasteiger charge is 2.42. The van der Waals surface area contributed by atoms with Crippen LogP contribution in [-0.4, -0.2) is 29.1 Å². The van der Waals surface area contributed by atoms with Gasteiger partial charge in [-0.15, -0.1) is 0 Å². The zero-order valence-electron chi connectivity index (χ0n) is 20.2. The van der Waals surface area contributed by atoms with Crippen LogP contribution in [0.3, 0.4) is 0 Å². The minimum absolute atomic E-state index is 0.122. The maximum atomic E-state index is 13.7. The average molecular weight is 530 g/mol.